The lowest BCUT2D eigenvalue weighted by Crippen LogP contribution is -2.29. The van der Waals surface area contributed by atoms with Gasteiger partial charge in [-0.05, 0) is 44.7 Å². The molecule has 2 heterocycles. The van der Waals surface area contributed by atoms with Crippen molar-refractivity contribution >= 4 is 11.6 Å². The molecule has 5 heteroatoms. The highest BCUT2D eigenvalue weighted by Gasteiger charge is 2.12. The number of aromatic nitrogens is 2. The first kappa shape index (κ1) is 12.6. The van der Waals surface area contributed by atoms with Gasteiger partial charge in [-0.1, -0.05) is 11.6 Å². The summed E-state index contributed by atoms with van der Waals surface area (Å²) in [5.41, 5.74) is 0. The number of piperidine rings is 1. The van der Waals surface area contributed by atoms with Crippen LogP contribution in [-0.2, 0) is 0 Å². The average Bonchev–Trinajstić information content (AvgIpc) is 2.36. The first-order chi connectivity index (χ1) is 8.34. The van der Waals surface area contributed by atoms with E-state index in [9.17, 15) is 0 Å². The predicted molar refractivity (Wildman–Crippen MR) is 67.4 cm³/mol. The molecule has 1 N–H and O–H groups in total. The zero-order valence-corrected chi connectivity index (χ0v) is 10.6. The average molecular weight is 256 g/mol. The molecule has 1 atom stereocenters. The SMILES string of the molecule is Clc1cc(OCCC[C@H]2CCCNC2)ncn1. The molecule has 17 heavy (non-hydrogen) atoms. The van der Waals surface area contributed by atoms with Crippen molar-refractivity contribution in [3.63, 3.8) is 0 Å². The third-order valence-electron chi connectivity index (χ3n) is 3.01. The minimum atomic E-state index is 0.423. The highest BCUT2D eigenvalue weighted by Crippen LogP contribution is 2.16. The molecule has 94 valence electrons. The number of nitrogens with zero attached hydrogens (tertiary/aromatic N) is 2. The van der Waals surface area contributed by atoms with Crippen LogP contribution in [0.1, 0.15) is 25.7 Å². The van der Waals surface area contributed by atoms with Crippen molar-refractivity contribution in [2.75, 3.05) is 19.7 Å². The minimum absolute atomic E-state index is 0.423. The molecule has 1 aromatic heterocycles. The van der Waals surface area contributed by atoms with Crippen LogP contribution in [0.15, 0.2) is 12.4 Å². The van der Waals surface area contributed by atoms with Gasteiger partial charge in [0.05, 0.1) is 6.61 Å². The van der Waals surface area contributed by atoms with Gasteiger partial charge in [0.15, 0.2) is 0 Å². The van der Waals surface area contributed by atoms with Gasteiger partial charge in [-0.25, -0.2) is 9.97 Å². The van der Waals surface area contributed by atoms with Gasteiger partial charge in [0.1, 0.15) is 11.5 Å². The van der Waals surface area contributed by atoms with Gasteiger partial charge in [-0.3, -0.25) is 0 Å². The normalized spacial score (nSPS) is 20.2. The predicted octanol–water partition coefficient (Wildman–Crippen LogP) is 2.29. The summed E-state index contributed by atoms with van der Waals surface area (Å²) >= 11 is 5.74. The summed E-state index contributed by atoms with van der Waals surface area (Å²) < 4.78 is 5.52. The van der Waals surface area contributed by atoms with E-state index in [0.29, 0.717) is 17.6 Å². The Kier molecular flexibility index (Phi) is 5.01. The molecule has 0 aliphatic carbocycles. The lowest BCUT2D eigenvalue weighted by Gasteiger charge is -2.22. The lowest BCUT2D eigenvalue weighted by atomic mass is 9.95. The maximum absolute atomic E-state index is 5.74. The van der Waals surface area contributed by atoms with Crippen molar-refractivity contribution in [2.24, 2.45) is 5.92 Å². The van der Waals surface area contributed by atoms with E-state index in [4.69, 9.17) is 16.3 Å². The van der Waals surface area contributed by atoms with E-state index in [1.54, 1.807) is 6.07 Å². The van der Waals surface area contributed by atoms with E-state index in [0.717, 1.165) is 18.9 Å². The standard InChI is InChI=1S/C12H18ClN3O/c13-11-7-12(16-9-15-11)17-6-2-4-10-3-1-5-14-8-10/h7,9-10,14H,1-6,8H2/t10-/m1/s1. The lowest BCUT2D eigenvalue weighted by molar-refractivity contribution is 0.268. The van der Waals surface area contributed by atoms with Crippen LogP contribution in [0, 0.1) is 5.92 Å². The number of nitrogens with one attached hydrogen (secondary N) is 1. The van der Waals surface area contributed by atoms with Crippen molar-refractivity contribution in [1.82, 2.24) is 15.3 Å². The second kappa shape index (κ2) is 6.77. The fourth-order valence-corrected chi connectivity index (χ4v) is 2.25. The van der Waals surface area contributed by atoms with Crippen LogP contribution in [0.2, 0.25) is 5.15 Å². The molecule has 4 nitrogen and oxygen atoms in total. The maximum atomic E-state index is 5.74. The molecular weight excluding hydrogens is 238 g/mol. The topological polar surface area (TPSA) is 47.0 Å². The third kappa shape index (κ3) is 4.48. The summed E-state index contributed by atoms with van der Waals surface area (Å²) in [5.74, 6) is 1.37. The van der Waals surface area contributed by atoms with E-state index in [1.807, 2.05) is 0 Å². The zero-order chi connectivity index (χ0) is 11.9. The Labute approximate surface area is 107 Å². The van der Waals surface area contributed by atoms with E-state index in [-0.39, 0.29) is 0 Å². The van der Waals surface area contributed by atoms with Crippen LogP contribution in [0.25, 0.3) is 0 Å². The monoisotopic (exact) mass is 255 g/mol. The number of halogens is 1. The summed E-state index contributed by atoms with van der Waals surface area (Å²) in [6.07, 6.45) is 6.34. The van der Waals surface area contributed by atoms with Gasteiger partial charge in [-0.2, -0.15) is 0 Å². The second-order valence-corrected chi connectivity index (χ2v) is 4.77. The van der Waals surface area contributed by atoms with E-state index in [2.05, 4.69) is 15.3 Å². The van der Waals surface area contributed by atoms with Crippen LogP contribution in [0.5, 0.6) is 5.88 Å². The molecule has 0 amide bonds. The summed E-state index contributed by atoms with van der Waals surface area (Å²) in [7, 11) is 0. The quantitative estimate of drug-likeness (QED) is 0.648. The summed E-state index contributed by atoms with van der Waals surface area (Å²) in [6, 6.07) is 1.64. The Balaban J connectivity index is 1.62. The molecule has 0 spiro atoms. The van der Waals surface area contributed by atoms with Gasteiger partial charge in [-0.15, -0.1) is 0 Å². The van der Waals surface area contributed by atoms with Crippen molar-refractivity contribution in [3.8, 4) is 5.88 Å². The molecule has 1 aliphatic heterocycles. The van der Waals surface area contributed by atoms with Gasteiger partial charge in [0.2, 0.25) is 5.88 Å². The highest BCUT2D eigenvalue weighted by molar-refractivity contribution is 6.29. The molecule has 0 radical (unpaired) electrons. The van der Waals surface area contributed by atoms with Crippen molar-refractivity contribution in [3.05, 3.63) is 17.5 Å². The van der Waals surface area contributed by atoms with Crippen molar-refractivity contribution in [1.29, 1.82) is 0 Å². The fraction of sp³-hybridized carbons (Fsp3) is 0.667. The molecule has 1 aliphatic rings. The smallest absolute Gasteiger partial charge is 0.217 e. The molecule has 0 unspecified atom stereocenters. The molecule has 1 aromatic rings. The molecule has 0 saturated carbocycles. The summed E-state index contributed by atoms with van der Waals surface area (Å²) in [6.45, 7) is 3.02. The van der Waals surface area contributed by atoms with Gasteiger partial charge < -0.3 is 10.1 Å². The van der Waals surface area contributed by atoms with Crippen molar-refractivity contribution < 1.29 is 4.74 Å². The van der Waals surface area contributed by atoms with Crippen LogP contribution in [0.3, 0.4) is 0 Å². The molecular formula is C12H18ClN3O. The Morgan fingerprint density at radius 3 is 3.18 bits per heavy atom. The molecule has 0 bridgehead atoms. The van der Waals surface area contributed by atoms with E-state index in [1.165, 1.54) is 32.1 Å². The first-order valence-corrected chi connectivity index (χ1v) is 6.53. The van der Waals surface area contributed by atoms with Gasteiger partial charge in [0, 0.05) is 6.07 Å². The van der Waals surface area contributed by atoms with Crippen LogP contribution in [-0.4, -0.2) is 29.7 Å². The number of hydrogen-bond donors (Lipinski definition) is 1. The second-order valence-electron chi connectivity index (χ2n) is 4.38. The Morgan fingerprint density at radius 2 is 2.41 bits per heavy atom. The maximum Gasteiger partial charge on any atom is 0.217 e. The van der Waals surface area contributed by atoms with Gasteiger partial charge >= 0.3 is 0 Å². The Morgan fingerprint density at radius 1 is 1.47 bits per heavy atom. The third-order valence-corrected chi connectivity index (χ3v) is 3.22. The molecule has 2 rings (SSSR count). The zero-order valence-electron chi connectivity index (χ0n) is 9.86. The minimum Gasteiger partial charge on any atom is -0.478 e. The first-order valence-electron chi connectivity index (χ1n) is 6.15. The van der Waals surface area contributed by atoms with Crippen LogP contribution in [0.4, 0.5) is 0 Å². The molecule has 1 fully saturated rings. The summed E-state index contributed by atoms with van der Waals surface area (Å²) in [4.78, 5) is 7.80. The van der Waals surface area contributed by atoms with Crippen molar-refractivity contribution in [2.45, 2.75) is 25.7 Å². The largest absolute Gasteiger partial charge is 0.478 e. The fourth-order valence-electron chi connectivity index (χ4n) is 2.12. The number of rotatable bonds is 5. The summed E-state index contributed by atoms with van der Waals surface area (Å²) in [5, 5.41) is 3.84. The highest BCUT2D eigenvalue weighted by atomic mass is 35.5. The number of ether oxygens (including phenoxy) is 1. The Bertz CT molecular complexity index is 342. The van der Waals surface area contributed by atoms with E-state index < -0.39 is 0 Å². The van der Waals surface area contributed by atoms with E-state index >= 15 is 0 Å². The molecule has 0 aromatic carbocycles. The molecule has 1 saturated heterocycles. The van der Waals surface area contributed by atoms with Crippen LogP contribution < -0.4 is 10.1 Å². The van der Waals surface area contributed by atoms with Gasteiger partial charge in [0.25, 0.3) is 0 Å². The van der Waals surface area contributed by atoms with Crippen LogP contribution >= 0.6 is 11.6 Å². The number of hydrogen-bond acceptors (Lipinski definition) is 4. The Hall–Kier alpha value is -0.870.